The first-order chi connectivity index (χ1) is 15.6. The van der Waals surface area contributed by atoms with Crippen LogP contribution >= 0.6 is 11.8 Å². The van der Waals surface area contributed by atoms with Crippen LogP contribution in [0.25, 0.3) is 0 Å². The Bertz CT molecular complexity index is 1130. The predicted molar refractivity (Wildman–Crippen MR) is 119 cm³/mol. The molecule has 4 N–H and O–H groups in total. The quantitative estimate of drug-likeness (QED) is 0.381. The number of urea groups is 1. The summed E-state index contributed by atoms with van der Waals surface area (Å²) in [6, 6.07) is 8.38. The minimum absolute atomic E-state index is 0.0202. The summed E-state index contributed by atoms with van der Waals surface area (Å²) >= 11 is -0.227. The van der Waals surface area contributed by atoms with E-state index in [9.17, 15) is 22.8 Å². The average Bonchev–Trinajstić information content (AvgIpc) is 3.13. The molecule has 0 fully saturated rings. The van der Waals surface area contributed by atoms with Crippen LogP contribution in [-0.2, 0) is 13.6 Å². The lowest BCUT2D eigenvalue weighted by Gasteiger charge is -2.11. The molecule has 0 atom stereocenters. The number of halogens is 3. The molecule has 0 aliphatic carbocycles. The van der Waals surface area contributed by atoms with Gasteiger partial charge in [0.05, 0.1) is 6.20 Å². The van der Waals surface area contributed by atoms with Gasteiger partial charge in [0, 0.05) is 37.4 Å². The van der Waals surface area contributed by atoms with Crippen molar-refractivity contribution in [1.82, 2.24) is 20.1 Å². The van der Waals surface area contributed by atoms with Crippen LogP contribution in [0.4, 0.5) is 35.3 Å². The van der Waals surface area contributed by atoms with Crippen LogP contribution in [0.1, 0.15) is 15.9 Å². The standard InChI is InChI=1S/C20H20F3N7O2S/c1-24-19(32)29-16-9-12(7-8-25-16)10-26-17-15(11-27-30(17)2)18(31)28-13-3-5-14(6-4-13)33-20(21,22)23/h3-9,11,26H,10H2,1-2H3,(H,28,31)(H2,24,25,29,32). The first-order valence-electron chi connectivity index (χ1n) is 9.51. The van der Waals surface area contributed by atoms with Gasteiger partial charge in [-0.15, -0.1) is 0 Å². The minimum atomic E-state index is -4.38. The van der Waals surface area contributed by atoms with E-state index in [1.807, 2.05) is 0 Å². The lowest BCUT2D eigenvalue weighted by Crippen LogP contribution is -2.25. The Balaban J connectivity index is 1.66. The molecule has 3 amide bonds. The van der Waals surface area contributed by atoms with Crippen LogP contribution < -0.4 is 21.3 Å². The fourth-order valence-electron chi connectivity index (χ4n) is 2.77. The molecule has 3 rings (SSSR count). The number of nitrogens with zero attached hydrogens (tertiary/aromatic N) is 3. The second kappa shape index (κ2) is 10.3. The highest BCUT2D eigenvalue weighted by molar-refractivity contribution is 8.00. The number of alkyl halides is 3. The van der Waals surface area contributed by atoms with E-state index in [0.717, 1.165) is 5.56 Å². The monoisotopic (exact) mass is 479 g/mol. The van der Waals surface area contributed by atoms with Crippen molar-refractivity contribution >= 4 is 41.0 Å². The zero-order valence-electron chi connectivity index (χ0n) is 17.5. The van der Waals surface area contributed by atoms with E-state index in [-0.39, 0.29) is 22.2 Å². The van der Waals surface area contributed by atoms with Gasteiger partial charge in [-0.1, -0.05) is 0 Å². The Kier molecular flexibility index (Phi) is 7.43. The second-order valence-corrected chi connectivity index (χ2v) is 7.80. The van der Waals surface area contributed by atoms with Crippen molar-refractivity contribution in [2.45, 2.75) is 16.9 Å². The molecule has 0 saturated carbocycles. The van der Waals surface area contributed by atoms with Gasteiger partial charge < -0.3 is 16.0 Å². The smallest absolute Gasteiger partial charge is 0.366 e. The first kappa shape index (κ1) is 23.9. The maximum absolute atomic E-state index is 12.7. The molecular formula is C20H20F3N7O2S. The third-order valence-corrected chi connectivity index (χ3v) is 5.02. The van der Waals surface area contributed by atoms with Crippen LogP contribution in [0.3, 0.4) is 0 Å². The third kappa shape index (κ3) is 6.87. The Morgan fingerprint density at radius 2 is 1.85 bits per heavy atom. The average molecular weight is 479 g/mol. The van der Waals surface area contributed by atoms with Crippen molar-refractivity contribution in [2.75, 3.05) is 23.0 Å². The molecule has 0 aliphatic heterocycles. The van der Waals surface area contributed by atoms with Gasteiger partial charge in [-0.25, -0.2) is 9.78 Å². The molecule has 0 saturated heterocycles. The molecule has 13 heteroatoms. The number of hydrogen-bond acceptors (Lipinski definition) is 6. The number of pyridine rings is 1. The molecular weight excluding hydrogens is 459 g/mol. The lowest BCUT2D eigenvalue weighted by atomic mass is 10.2. The Morgan fingerprint density at radius 1 is 1.12 bits per heavy atom. The molecule has 0 unspecified atom stereocenters. The summed E-state index contributed by atoms with van der Waals surface area (Å²) in [5.74, 6) is 0.330. The number of carbonyl (C=O) groups is 2. The van der Waals surface area contributed by atoms with E-state index in [0.29, 0.717) is 23.9 Å². The molecule has 33 heavy (non-hydrogen) atoms. The third-order valence-electron chi connectivity index (χ3n) is 4.28. The number of hydrogen-bond donors (Lipinski definition) is 4. The molecule has 0 bridgehead atoms. The highest BCUT2D eigenvalue weighted by Crippen LogP contribution is 2.37. The second-order valence-electron chi connectivity index (χ2n) is 6.66. The van der Waals surface area contributed by atoms with E-state index in [1.165, 1.54) is 42.2 Å². The predicted octanol–water partition coefficient (Wildman–Crippen LogP) is 4.04. The maximum atomic E-state index is 12.7. The number of rotatable bonds is 7. The van der Waals surface area contributed by atoms with Gasteiger partial charge in [-0.3, -0.25) is 14.8 Å². The number of aromatic nitrogens is 3. The van der Waals surface area contributed by atoms with Crippen LogP contribution in [0.15, 0.2) is 53.7 Å². The van der Waals surface area contributed by atoms with Crippen molar-refractivity contribution < 1.29 is 22.8 Å². The lowest BCUT2D eigenvalue weighted by molar-refractivity contribution is -0.0328. The summed E-state index contributed by atoms with van der Waals surface area (Å²) < 4.78 is 38.9. The number of aryl methyl sites for hydroxylation is 1. The number of nitrogens with one attached hydrogen (secondary N) is 4. The molecule has 0 aliphatic rings. The van der Waals surface area contributed by atoms with Gasteiger partial charge in [-0.05, 0) is 53.7 Å². The Labute approximate surface area is 191 Å². The van der Waals surface area contributed by atoms with E-state index < -0.39 is 17.4 Å². The zero-order chi connectivity index (χ0) is 24.0. The molecule has 0 spiro atoms. The van der Waals surface area contributed by atoms with Gasteiger partial charge in [0.2, 0.25) is 0 Å². The molecule has 174 valence electrons. The Hall–Kier alpha value is -3.74. The first-order valence-corrected chi connectivity index (χ1v) is 10.3. The fraction of sp³-hybridized carbons (Fsp3) is 0.200. The number of benzene rings is 1. The summed E-state index contributed by atoms with van der Waals surface area (Å²) in [5, 5.41) is 14.9. The van der Waals surface area contributed by atoms with Crippen LogP contribution in [0, 0.1) is 0 Å². The molecule has 2 heterocycles. The normalized spacial score (nSPS) is 11.1. The fourth-order valence-corrected chi connectivity index (χ4v) is 3.31. The maximum Gasteiger partial charge on any atom is 0.446 e. The van der Waals surface area contributed by atoms with Gasteiger partial charge in [-0.2, -0.15) is 18.3 Å². The van der Waals surface area contributed by atoms with E-state index in [4.69, 9.17) is 0 Å². The van der Waals surface area contributed by atoms with Gasteiger partial charge >= 0.3 is 11.5 Å². The topological polar surface area (TPSA) is 113 Å². The van der Waals surface area contributed by atoms with Crippen LogP contribution in [0.2, 0.25) is 0 Å². The minimum Gasteiger partial charge on any atom is -0.366 e. The summed E-state index contributed by atoms with van der Waals surface area (Å²) in [6.07, 6.45) is 2.93. The van der Waals surface area contributed by atoms with Gasteiger partial charge in [0.15, 0.2) is 0 Å². The number of thioether (sulfide) groups is 1. The van der Waals surface area contributed by atoms with Crippen molar-refractivity contribution in [2.24, 2.45) is 7.05 Å². The summed E-state index contributed by atoms with van der Waals surface area (Å²) in [4.78, 5) is 28.3. The SMILES string of the molecule is CNC(=O)Nc1cc(CNc2c(C(=O)Nc3ccc(SC(F)(F)F)cc3)cnn2C)ccn1. The summed E-state index contributed by atoms with van der Waals surface area (Å²) in [7, 11) is 3.15. The summed E-state index contributed by atoms with van der Waals surface area (Å²) in [5.41, 5.74) is -2.99. The van der Waals surface area contributed by atoms with Gasteiger partial charge in [0.1, 0.15) is 17.2 Å². The van der Waals surface area contributed by atoms with Crippen molar-refractivity contribution in [3.05, 3.63) is 59.9 Å². The van der Waals surface area contributed by atoms with E-state index in [2.05, 4.69) is 31.3 Å². The van der Waals surface area contributed by atoms with Crippen LogP contribution in [0.5, 0.6) is 0 Å². The summed E-state index contributed by atoms with van der Waals surface area (Å²) in [6.45, 7) is 0.314. The molecule has 2 aromatic heterocycles. The highest BCUT2D eigenvalue weighted by atomic mass is 32.2. The van der Waals surface area contributed by atoms with Crippen LogP contribution in [-0.4, -0.2) is 39.3 Å². The highest BCUT2D eigenvalue weighted by Gasteiger charge is 2.29. The van der Waals surface area contributed by atoms with E-state index in [1.54, 1.807) is 25.4 Å². The van der Waals surface area contributed by atoms with E-state index >= 15 is 0 Å². The molecule has 0 radical (unpaired) electrons. The number of carbonyl (C=O) groups excluding carboxylic acids is 2. The zero-order valence-corrected chi connectivity index (χ0v) is 18.3. The molecule has 3 aromatic rings. The number of amides is 3. The van der Waals surface area contributed by atoms with Crippen molar-refractivity contribution in [3.63, 3.8) is 0 Å². The molecule has 9 nitrogen and oxygen atoms in total. The largest absolute Gasteiger partial charge is 0.446 e. The van der Waals surface area contributed by atoms with Crippen molar-refractivity contribution in [3.8, 4) is 0 Å². The van der Waals surface area contributed by atoms with Crippen molar-refractivity contribution in [1.29, 1.82) is 0 Å². The Morgan fingerprint density at radius 3 is 2.52 bits per heavy atom. The number of anilines is 3. The van der Waals surface area contributed by atoms with Gasteiger partial charge in [0.25, 0.3) is 5.91 Å². The molecule has 1 aromatic carbocycles.